The van der Waals surface area contributed by atoms with Crippen LogP contribution in [0.1, 0.15) is 12.5 Å². The number of amides is 1. The van der Waals surface area contributed by atoms with E-state index < -0.39 is 10.0 Å². The van der Waals surface area contributed by atoms with Gasteiger partial charge in [-0.2, -0.15) is 0 Å². The fourth-order valence-corrected chi connectivity index (χ4v) is 4.79. The van der Waals surface area contributed by atoms with Gasteiger partial charge in [-0.15, -0.1) is 5.10 Å². The maximum Gasteiger partial charge on any atom is 0.244 e. The first kappa shape index (κ1) is 18.1. The van der Waals surface area contributed by atoms with Gasteiger partial charge in [-0.3, -0.25) is 4.79 Å². The Balaban J connectivity index is 1.63. The molecule has 8 nitrogen and oxygen atoms in total. The van der Waals surface area contributed by atoms with Crippen molar-refractivity contribution < 1.29 is 13.2 Å². The van der Waals surface area contributed by atoms with Crippen LogP contribution in [0.25, 0.3) is 0 Å². The van der Waals surface area contributed by atoms with Crippen LogP contribution in [0.15, 0.2) is 35.5 Å². The molecule has 3 rings (SSSR count). The Bertz CT molecular complexity index is 852. The average Bonchev–Trinajstić information content (AvgIpc) is 3.23. The molecule has 1 aromatic carbocycles. The smallest absolute Gasteiger partial charge is 0.244 e. The Morgan fingerprint density at radius 1 is 1.32 bits per heavy atom. The van der Waals surface area contributed by atoms with Crippen LogP contribution in [0.3, 0.4) is 0 Å². The zero-order valence-corrected chi connectivity index (χ0v) is 15.3. The molecular weight excluding hydrogens is 389 g/mol. The number of likely N-dealkylation sites (tertiary alicyclic amines) is 1. The summed E-state index contributed by atoms with van der Waals surface area (Å²) in [5.74, 6) is -0.325. The Morgan fingerprint density at radius 2 is 2.04 bits per heavy atom. The van der Waals surface area contributed by atoms with Crippen LogP contribution in [0.4, 0.5) is 0 Å². The second-order valence-corrected chi connectivity index (χ2v) is 8.06. The van der Waals surface area contributed by atoms with Gasteiger partial charge in [0.2, 0.25) is 15.9 Å². The molecule has 0 spiro atoms. The number of hydrogen-bond acceptors (Lipinski definition) is 5. The lowest BCUT2D eigenvalue weighted by atomic mass is 10.3. The lowest BCUT2D eigenvalue weighted by molar-refractivity contribution is -0.129. The molecule has 134 valence electrons. The maximum absolute atomic E-state index is 12.4. The van der Waals surface area contributed by atoms with Crippen LogP contribution in [0, 0.1) is 0 Å². The van der Waals surface area contributed by atoms with E-state index in [0.29, 0.717) is 13.1 Å². The molecule has 1 unspecified atom stereocenters. The van der Waals surface area contributed by atoms with E-state index in [9.17, 15) is 13.2 Å². The van der Waals surface area contributed by atoms with Gasteiger partial charge in [0.25, 0.3) is 0 Å². The SMILES string of the molecule is O=C(CNS(=O)(=O)c1c(Cl)cccc1Cl)N1CCC(n2ccnn2)C1. The van der Waals surface area contributed by atoms with E-state index in [2.05, 4.69) is 15.0 Å². The van der Waals surface area contributed by atoms with Crippen LogP contribution in [-0.4, -0.2) is 53.9 Å². The second kappa shape index (κ2) is 7.28. The van der Waals surface area contributed by atoms with Gasteiger partial charge in [-0.1, -0.05) is 34.5 Å². The first-order chi connectivity index (χ1) is 11.9. The summed E-state index contributed by atoms with van der Waals surface area (Å²) < 4.78 is 28.7. The third-order valence-electron chi connectivity index (χ3n) is 3.93. The average molecular weight is 404 g/mol. The molecule has 25 heavy (non-hydrogen) atoms. The molecule has 1 aliphatic heterocycles. The molecule has 0 bridgehead atoms. The highest BCUT2D eigenvalue weighted by Gasteiger charge is 2.29. The van der Waals surface area contributed by atoms with Gasteiger partial charge in [0.05, 0.1) is 28.8 Å². The first-order valence-electron chi connectivity index (χ1n) is 7.46. The third kappa shape index (κ3) is 3.95. The van der Waals surface area contributed by atoms with Crippen LogP contribution >= 0.6 is 23.2 Å². The van der Waals surface area contributed by atoms with Gasteiger partial charge < -0.3 is 4.90 Å². The minimum Gasteiger partial charge on any atom is -0.339 e. The molecule has 1 amide bonds. The summed E-state index contributed by atoms with van der Waals surface area (Å²) in [4.78, 5) is 13.7. The van der Waals surface area contributed by atoms with Crippen LogP contribution in [0.5, 0.6) is 0 Å². The second-order valence-electron chi connectivity index (χ2n) is 5.54. The summed E-state index contributed by atoms with van der Waals surface area (Å²) >= 11 is 11.8. The molecule has 1 saturated heterocycles. The largest absolute Gasteiger partial charge is 0.339 e. The molecule has 1 aromatic heterocycles. The lowest BCUT2D eigenvalue weighted by Crippen LogP contribution is -2.39. The van der Waals surface area contributed by atoms with Crippen LogP contribution in [-0.2, 0) is 14.8 Å². The molecule has 1 aliphatic rings. The number of nitrogens with one attached hydrogen (secondary N) is 1. The van der Waals surface area contributed by atoms with Gasteiger partial charge in [0.15, 0.2) is 0 Å². The minimum atomic E-state index is -3.99. The molecule has 1 atom stereocenters. The summed E-state index contributed by atoms with van der Waals surface area (Å²) in [5.41, 5.74) is 0. The van der Waals surface area contributed by atoms with Crippen LogP contribution < -0.4 is 4.72 Å². The fourth-order valence-electron chi connectivity index (χ4n) is 2.68. The number of sulfonamides is 1. The highest BCUT2D eigenvalue weighted by atomic mass is 35.5. The Hall–Kier alpha value is -1.68. The molecule has 0 radical (unpaired) electrons. The van der Waals surface area contributed by atoms with Crippen molar-refractivity contribution in [2.75, 3.05) is 19.6 Å². The molecule has 1 N–H and O–H groups in total. The lowest BCUT2D eigenvalue weighted by Gasteiger charge is -2.17. The monoisotopic (exact) mass is 403 g/mol. The number of carbonyl (C=O) groups is 1. The topological polar surface area (TPSA) is 97.2 Å². The highest BCUT2D eigenvalue weighted by Crippen LogP contribution is 2.28. The van der Waals surface area contributed by atoms with Gasteiger partial charge in [0, 0.05) is 19.3 Å². The predicted octanol–water partition coefficient (Wildman–Crippen LogP) is 1.34. The molecule has 0 saturated carbocycles. The summed E-state index contributed by atoms with van der Waals surface area (Å²) in [6, 6.07) is 4.43. The number of carbonyl (C=O) groups excluding carboxylic acids is 1. The van der Waals surface area contributed by atoms with E-state index in [1.54, 1.807) is 28.0 Å². The first-order valence-corrected chi connectivity index (χ1v) is 9.69. The van der Waals surface area contributed by atoms with Crippen molar-refractivity contribution in [3.8, 4) is 0 Å². The number of halogens is 2. The Kier molecular flexibility index (Phi) is 5.28. The van der Waals surface area contributed by atoms with Crippen LogP contribution in [0.2, 0.25) is 10.0 Å². The molecule has 0 aliphatic carbocycles. The quantitative estimate of drug-likeness (QED) is 0.811. The summed E-state index contributed by atoms with van der Waals surface area (Å²) in [6.45, 7) is 0.614. The van der Waals surface area contributed by atoms with Crippen molar-refractivity contribution in [3.05, 3.63) is 40.6 Å². The van der Waals surface area contributed by atoms with E-state index in [4.69, 9.17) is 23.2 Å². The van der Waals surface area contributed by atoms with Crippen molar-refractivity contribution in [2.24, 2.45) is 0 Å². The van der Waals surface area contributed by atoms with Crippen molar-refractivity contribution >= 4 is 39.1 Å². The van der Waals surface area contributed by atoms with E-state index in [0.717, 1.165) is 6.42 Å². The summed E-state index contributed by atoms with van der Waals surface area (Å²) in [6.07, 6.45) is 4.05. The number of nitrogens with zero attached hydrogens (tertiary/aromatic N) is 4. The summed E-state index contributed by atoms with van der Waals surface area (Å²) in [5, 5.41) is 7.67. The Labute approximate surface area is 154 Å². The third-order valence-corrected chi connectivity index (χ3v) is 6.29. The minimum absolute atomic E-state index is 0.000123. The predicted molar refractivity (Wildman–Crippen MR) is 91.9 cm³/mol. The molecule has 1 fully saturated rings. The molecule has 11 heteroatoms. The van der Waals surface area contributed by atoms with E-state index in [1.807, 2.05) is 0 Å². The normalized spacial score (nSPS) is 17.8. The zero-order valence-electron chi connectivity index (χ0n) is 13.0. The number of benzene rings is 1. The van der Waals surface area contributed by atoms with Gasteiger partial charge in [-0.25, -0.2) is 17.8 Å². The van der Waals surface area contributed by atoms with Crippen molar-refractivity contribution in [1.82, 2.24) is 24.6 Å². The van der Waals surface area contributed by atoms with Gasteiger partial charge in [0.1, 0.15) is 4.90 Å². The standard InChI is InChI=1S/C14H15Cl2N5O3S/c15-11-2-1-3-12(16)14(11)25(23,24)18-8-13(22)20-6-4-10(9-20)21-7-5-17-19-21/h1-3,5,7,10,18H,4,6,8-9H2. The number of rotatable bonds is 5. The van der Waals surface area contributed by atoms with Crippen molar-refractivity contribution in [3.63, 3.8) is 0 Å². The van der Waals surface area contributed by atoms with Crippen molar-refractivity contribution in [1.29, 1.82) is 0 Å². The van der Waals surface area contributed by atoms with Gasteiger partial charge >= 0.3 is 0 Å². The summed E-state index contributed by atoms with van der Waals surface area (Å²) in [7, 11) is -3.99. The van der Waals surface area contributed by atoms with Gasteiger partial charge in [-0.05, 0) is 18.6 Å². The molecule has 2 aromatic rings. The number of hydrogen-bond donors (Lipinski definition) is 1. The van der Waals surface area contributed by atoms with Crippen molar-refractivity contribution in [2.45, 2.75) is 17.4 Å². The highest BCUT2D eigenvalue weighted by molar-refractivity contribution is 7.89. The number of aromatic nitrogens is 3. The zero-order chi connectivity index (χ0) is 18.0. The fraction of sp³-hybridized carbons (Fsp3) is 0.357. The van der Waals surface area contributed by atoms with E-state index in [-0.39, 0.29) is 33.4 Å². The molecular formula is C14H15Cl2N5O3S. The van der Waals surface area contributed by atoms with E-state index >= 15 is 0 Å². The Morgan fingerprint density at radius 3 is 2.68 bits per heavy atom. The van der Waals surface area contributed by atoms with E-state index in [1.165, 1.54) is 12.1 Å². The molecule has 2 heterocycles. The maximum atomic E-state index is 12.4.